The summed E-state index contributed by atoms with van der Waals surface area (Å²) in [6, 6.07) is 28.1. The quantitative estimate of drug-likeness (QED) is 0.369. The molecule has 0 aliphatic carbocycles. The summed E-state index contributed by atoms with van der Waals surface area (Å²) in [6.07, 6.45) is 0.839. The van der Waals surface area contributed by atoms with Crippen LogP contribution in [-0.2, 0) is 6.42 Å². The second kappa shape index (κ2) is 7.15. The van der Waals surface area contributed by atoms with Crippen LogP contribution >= 0.6 is 11.3 Å². The second-order valence-electron chi connectivity index (χ2n) is 7.58. The zero-order valence-corrected chi connectivity index (χ0v) is 17.3. The lowest BCUT2D eigenvalue weighted by atomic mass is 10.0. The Balaban J connectivity index is 1.26. The summed E-state index contributed by atoms with van der Waals surface area (Å²) in [6.45, 7) is 0. The fraction of sp³-hybridized carbons (Fsp3) is 0.0385. The molecule has 1 aromatic heterocycles. The van der Waals surface area contributed by atoms with E-state index in [1.807, 2.05) is 66.7 Å². The normalized spacial score (nSPS) is 12.7. The Kier molecular flexibility index (Phi) is 4.14. The highest BCUT2D eigenvalue weighted by molar-refractivity contribution is 7.22. The van der Waals surface area contributed by atoms with Gasteiger partial charge in [0.1, 0.15) is 0 Å². The highest BCUT2D eigenvalue weighted by Crippen LogP contribution is 2.32. The standard InChI is InChI=1S/C26H17N3OS/c30-25(20-10-9-16-5-1-2-6-17(16)13-20)29-26-28-22-12-11-19(15-24(22)31-26)23-14-18-7-3-4-8-21(18)27-23/h1-13,15H,14H2,(H,28,29,30). The summed E-state index contributed by atoms with van der Waals surface area (Å²) in [7, 11) is 0. The number of amides is 1. The maximum Gasteiger partial charge on any atom is 0.257 e. The van der Waals surface area contributed by atoms with Crippen molar-refractivity contribution in [3.05, 3.63) is 102 Å². The molecule has 0 fully saturated rings. The van der Waals surface area contributed by atoms with E-state index in [0.29, 0.717) is 10.7 Å². The first-order chi connectivity index (χ1) is 15.2. The Hall–Kier alpha value is -3.83. The predicted molar refractivity (Wildman–Crippen MR) is 128 cm³/mol. The van der Waals surface area contributed by atoms with Gasteiger partial charge in [-0.05, 0) is 52.2 Å². The molecule has 2 heterocycles. The summed E-state index contributed by atoms with van der Waals surface area (Å²) in [5.74, 6) is -0.152. The van der Waals surface area contributed by atoms with E-state index in [4.69, 9.17) is 4.99 Å². The summed E-state index contributed by atoms with van der Waals surface area (Å²) < 4.78 is 1.03. The van der Waals surface area contributed by atoms with Crippen LogP contribution in [0.15, 0.2) is 89.9 Å². The molecule has 0 saturated carbocycles. The lowest BCUT2D eigenvalue weighted by Gasteiger charge is -2.03. The Morgan fingerprint density at radius 1 is 0.871 bits per heavy atom. The molecule has 148 valence electrons. The molecule has 6 rings (SSSR count). The van der Waals surface area contributed by atoms with Crippen molar-refractivity contribution in [3.63, 3.8) is 0 Å². The number of anilines is 1. The topological polar surface area (TPSA) is 54.4 Å². The zero-order chi connectivity index (χ0) is 20.8. The van der Waals surface area contributed by atoms with E-state index in [0.717, 1.165) is 44.4 Å². The van der Waals surface area contributed by atoms with Crippen LogP contribution in [0.2, 0.25) is 0 Å². The number of rotatable bonds is 3. The van der Waals surface area contributed by atoms with Gasteiger partial charge in [-0.25, -0.2) is 4.98 Å². The van der Waals surface area contributed by atoms with Crippen LogP contribution in [0.4, 0.5) is 10.8 Å². The second-order valence-corrected chi connectivity index (χ2v) is 8.61. The third-order valence-corrected chi connectivity index (χ3v) is 6.49. The lowest BCUT2D eigenvalue weighted by Crippen LogP contribution is -2.11. The van der Waals surface area contributed by atoms with Gasteiger partial charge < -0.3 is 0 Å². The van der Waals surface area contributed by atoms with Crippen molar-refractivity contribution in [2.45, 2.75) is 6.42 Å². The van der Waals surface area contributed by atoms with Crippen molar-refractivity contribution in [3.8, 4) is 0 Å². The third kappa shape index (κ3) is 3.29. The molecule has 0 radical (unpaired) electrons. The molecule has 5 heteroatoms. The van der Waals surface area contributed by atoms with Crippen LogP contribution in [0, 0.1) is 0 Å². The average Bonchev–Trinajstić information content (AvgIpc) is 3.41. The van der Waals surface area contributed by atoms with Crippen molar-refractivity contribution >= 4 is 54.8 Å². The van der Waals surface area contributed by atoms with Gasteiger partial charge in [0, 0.05) is 12.0 Å². The summed E-state index contributed by atoms with van der Waals surface area (Å²) >= 11 is 1.48. The maximum atomic E-state index is 12.8. The molecule has 1 N–H and O–H groups in total. The lowest BCUT2D eigenvalue weighted by molar-refractivity contribution is 0.102. The smallest absolute Gasteiger partial charge is 0.257 e. The minimum atomic E-state index is -0.152. The van der Waals surface area contributed by atoms with Crippen molar-refractivity contribution in [2.24, 2.45) is 4.99 Å². The van der Waals surface area contributed by atoms with E-state index < -0.39 is 0 Å². The van der Waals surface area contributed by atoms with Crippen LogP contribution in [0.5, 0.6) is 0 Å². The molecule has 0 spiro atoms. The Morgan fingerprint density at radius 3 is 2.61 bits per heavy atom. The van der Waals surface area contributed by atoms with Gasteiger partial charge in [0.15, 0.2) is 5.13 Å². The highest BCUT2D eigenvalue weighted by Gasteiger charge is 2.17. The average molecular weight is 420 g/mol. The number of para-hydroxylation sites is 1. The summed E-state index contributed by atoms with van der Waals surface area (Å²) in [4.78, 5) is 22.1. The van der Waals surface area contributed by atoms with Gasteiger partial charge in [-0.2, -0.15) is 0 Å². The number of nitrogens with zero attached hydrogens (tertiary/aromatic N) is 2. The van der Waals surface area contributed by atoms with Crippen LogP contribution in [0.3, 0.4) is 0 Å². The van der Waals surface area contributed by atoms with Crippen molar-refractivity contribution in [2.75, 3.05) is 5.32 Å². The van der Waals surface area contributed by atoms with Gasteiger partial charge >= 0.3 is 0 Å². The largest absolute Gasteiger partial charge is 0.298 e. The summed E-state index contributed by atoms with van der Waals surface area (Å²) in [5.41, 5.74) is 5.96. The van der Waals surface area contributed by atoms with Crippen LogP contribution < -0.4 is 5.32 Å². The number of aliphatic imine (C=N–C) groups is 1. The van der Waals surface area contributed by atoms with Crippen LogP contribution in [0.1, 0.15) is 21.5 Å². The zero-order valence-electron chi connectivity index (χ0n) is 16.5. The molecule has 0 bridgehead atoms. The number of benzene rings is 4. The van der Waals surface area contributed by atoms with Gasteiger partial charge in [-0.3, -0.25) is 15.1 Å². The molecule has 4 nitrogen and oxygen atoms in total. The van der Waals surface area contributed by atoms with E-state index in [1.54, 1.807) is 0 Å². The van der Waals surface area contributed by atoms with Gasteiger partial charge in [-0.15, -0.1) is 0 Å². The number of nitrogens with one attached hydrogen (secondary N) is 1. The molecule has 0 unspecified atom stereocenters. The van der Waals surface area contributed by atoms with E-state index in [1.165, 1.54) is 16.9 Å². The molecule has 1 amide bonds. The molecule has 0 atom stereocenters. The van der Waals surface area contributed by atoms with Gasteiger partial charge in [0.25, 0.3) is 5.91 Å². The van der Waals surface area contributed by atoms with E-state index in [-0.39, 0.29) is 5.91 Å². The van der Waals surface area contributed by atoms with E-state index in [2.05, 4.69) is 28.5 Å². The number of carbonyl (C=O) groups is 1. The molecular weight excluding hydrogens is 402 g/mol. The van der Waals surface area contributed by atoms with Crippen LogP contribution in [0.25, 0.3) is 21.0 Å². The molecule has 5 aromatic rings. The molecule has 1 aliphatic rings. The first kappa shape index (κ1) is 18.0. The van der Waals surface area contributed by atoms with Crippen molar-refractivity contribution < 1.29 is 4.79 Å². The van der Waals surface area contributed by atoms with Gasteiger partial charge in [0.05, 0.1) is 21.6 Å². The molecule has 4 aromatic carbocycles. The fourth-order valence-corrected chi connectivity index (χ4v) is 4.86. The Bertz CT molecular complexity index is 1520. The Morgan fingerprint density at radius 2 is 1.71 bits per heavy atom. The highest BCUT2D eigenvalue weighted by atomic mass is 32.1. The number of thiazole rings is 1. The number of carbonyl (C=O) groups excluding carboxylic acids is 1. The van der Waals surface area contributed by atoms with Crippen LogP contribution in [-0.4, -0.2) is 16.6 Å². The number of hydrogen-bond acceptors (Lipinski definition) is 4. The first-order valence-electron chi connectivity index (χ1n) is 10.1. The summed E-state index contributed by atoms with van der Waals surface area (Å²) in [5, 5.41) is 5.71. The van der Waals surface area contributed by atoms with Crippen molar-refractivity contribution in [1.29, 1.82) is 0 Å². The first-order valence-corrected chi connectivity index (χ1v) is 10.9. The molecule has 0 saturated heterocycles. The molecule has 31 heavy (non-hydrogen) atoms. The van der Waals surface area contributed by atoms with Gasteiger partial charge in [-0.1, -0.05) is 65.9 Å². The fourth-order valence-electron chi connectivity index (χ4n) is 3.96. The Labute approximate surface area is 182 Å². The third-order valence-electron chi connectivity index (χ3n) is 5.56. The molecular formula is C26H17N3OS. The maximum absolute atomic E-state index is 12.8. The minimum Gasteiger partial charge on any atom is -0.298 e. The van der Waals surface area contributed by atoms with E-state index in [9.17, 15) is 4.79 Å². The SMILES string of the molecule is O=C(Nc1nc2ccc(C3=Nc4ccccc4C3)cc2s1)c1ccc2ccccc2c1. The molecule has 1 aliphatic heterocycles. The number of fused-ring (bicyclic) bond motifs is 3. The monoisotopic (exact) mass is 419 g/mol. The van der Waals surface area contributed by atoms with E-state index >= 15 is 0 Å². The number of aromatic nitrogens is 1. The van der Waals surface area contributed by atoms with Crippen molar-refractivity contribution in [1.82, 2.24) is 4.98 Å². The minimum absolute atomic E-state index is 0.152. The number of hydrogen-bond donors (Lipinski definition) is 1. The van der Waals surface area contributed by atoms with Gasteiger partial charge in [0.2, 0.25) is 0 Å². The predicted octanol–water partition coefficient (Wildman–Crippen LogP) is 6.38.